The fraction of sp³-hybridized carbons (Fsp3) is 0.0833. The summed E-state index contributed by atoms with van der Waals surface area (Å²) in [5.41, 5.74) is 0.850. The van der Waals surface area contributed by atoms with Crippen molar-refractivity contribution in [2.75, 3.05) is 0 Å². The molecule has 0 aliphatic rings. The third-order valence-corrected chi connectivity index (χ3v) is 3.92. The van der Waals surface area contributed by atoms with Crippen molar-refractivity contribution in [3.8, 4) is 0 Å². The third kappa shape index (κ3) is 3.74. The van der Waals surface area contributed by atoms with E-state index in [-0.39, 0.29) is 16.7 Å². The van der Waals surface area contributed by atoms with Gasteiger partial charge in [0.2, 0.25) is 0 Å². The number of hydrogen-bond acceptors (Lipinski definition) is 4. The fourth-order valence-corrected chi connectivity index (χ4v) is 2.64. The first-order valence-electron chi connectivity index (χ1n) is 5.37. The third-order valence-electron chi connectivity index (χ3n) is 2.26. The molecule has 0 spiro atoms. The van der Waals surface area contributed by atoms with Crippen molar-refractivity contribution >= 4 is 21.6 Å². The Hall–Kier alpha value is -1.47. The molecule has 2 rings (SSSR count). The summed E-state index contributed by atoms with van der Waals surface area (Å²) in [7, 11) is -3.83. The molecule has 0 radical (unpaired) electrons. The molecule has 0 atom stereocenters. The van der Waals surface area contributed by atoms with E-state index in [4.69, 9.17) is 16.4 Å². The molecule has 1 heterocycles. The molecule has 0 fully saturated rings. The van der Waals surface area contributed by atoms with Gasteiger partial charge in [-0.2, -0.15) is 0 Å². The number of pyridine rings is 1. The molecule has 0 aliphatic heterocycles. The van der Waals surface area contributed by atoms with Gasteiger partial charge in [-0.15, -0.1) is 0 Å². The minimum atomic E-state index is -3.83. The van der Waals surface area contributed by atoms with E-state index in [1.807, 2.05) is 35.2 Å². The molecule has 0 unspecified atom stereocenters. The van der Waals surface area contributed by atoms with Gasteiger partial charge in [-0.25, -0.2) is 13.4 Å². The van der Waals surface area contributed by atoms with E-state index < -0.39 is 10.0 Å². The number of aromatic nitrogens is 1. The van der Waals surface area contributed by atoms with Crippen LogP contribution in [0.5, 0.6) is 0 Å². The van der Waals surface area contributed by atoms with Gasteiger partial charge in [-0.05, 0) is 17.7 Å². The first-order chi connectivity index (χ1) is 9.09. The summed E-state index contributed by atoms with van der Waals surface area (Å²) in [5, 5.41) is -0.0988. The second kappa shape index (κ2) is 6.12. The second-order valence-corrected chi connectivity index (χ2v) is 5.62. The van der Waals surface area contributed by atoms with Crippen LogP contribution in [0.15, 0.2) is 53.6 Å². The van der Waals surface area contributed by atoms with Gasteiger partial charge in [0.25, 0.3) is 10.0 Å². The lowest BCUT2D eigenvalue weighted by atomic mass is 10.2. The maximum Gasteiger partial charge on any atom is 0.265 e. The summed E-state index contributed by atoms with van der Waals surface area (Å²) in [6.45, 7) is 0.123. The Bertz CT molecular complexity index is 647. The average molecular weight is 299 g/mol. The summed E-state index contributed by atoms with van der Waals surface area (Å²) in [5.74, 6) is 0. The number of rotatable bonds is 5. The van der Waals surface area contributed by atoms with Crippen molar-refractivity contribution in [2.45, 2.75) is 11.5 Å². The summed E-state index contributed by atoms with van der Waals surface area (Å²) in [6.07, 6.45) is 1.41. The molecule has 19 heavy (non-hydrogen) atoms. The number of hydrogen-bond donors (Lipinski definition) is 1. The predicted octanol–water partition coefficient (Wildman–Crippen LogP) is 2.15. The maximum absolute atomic E-state index is 11.9. The van der Waals surface area contributed by atoms with Crippen LogP contribution in [0.3, 0.4) is 0 Å². The lowest BCUT2D eigenvalue weighted by Gasteiger charge is -2.07. The van der Waals surface area contributed by atoms with Gasteiger partial charge in [0.05, 0.1) is 6.61 Å². The van der Waals surface area contributed by atoms with Gasteiger partial charge in [-0.3, -0.25) is 4.84 Å². The van der Waals surface area contributed by atoms with Crippen LogP contribution in [-0.4, -0.2) is 13.4 Å². The minimum absolute atomic E-state index is 0.0988. The van der Waals surface area contributed by atoms with Gasteiger partial charge >= 0.3 is 0 Å². The Kier molecular flexibility index (Phi) is 4.49. The van der Waals surface area contributed by atoms with Gasteiger partial charge in [0.15, 0.2) is 0 Å². The SMILES string of the molecule is O=S(=O)(NOCc1ccccc1)c1cccnc1Cl. The molecule has 7 heteroatoms. The Morgan fingerprint density at radius 1 is 1.16 bits per heavy atom. The number of nitrogens with zero attached hydrogens (tertiary/aromatic N) is 1. The van der Waals surface area contributed by atoms with Crippen LogP contribution < -0.4 is 4.89 Å². The topological polar surface area (TPSA) is 68.3 Å². The Morgan fingerprint density at radius 3 is 2.58 bits per heavy atom. The molecule has 0 amide bonds. The highest BCUT2D eigenvalue weighted by atomic mass is 35.5. The highest BCUT2D eigenvalue weighted by Gasteiger charge is 2.18. The predicted molar refractivity (Wildman–Crippen MR) is 70.8 cm³/mol. The van der Waals surface area contributed by atoms with E-state index in [9.17, 15) is 8.42 Å². The van der Waals surface area contributed by atoms with E-state index in [1.165, 1.54) is 18.3 Å². The van der Waals surface area contributed by atoms with Crippen molar-refractivity contribution in [3.05, 3.63) is 59.4 Å². The lowest BCUT2D eigenvalue weighted by Crippen LogP contribution is -2.24. The zero-order valence-corrected chi connectivity index (χ0v) is 11.4. The van der Waals surface area contributed by atoms with Crippen molar-refractivity contribution < 1.29 is 13.3 Å². The monoisotopic (exact) mass is 298 g/mol. The molecule has 1 N–H and O–H groups in total. The second-order valence-electron chi connectivity index (χ2n) is 3.65. The highest BCUT2D eigenvalue weighted by molar-refractivity contribution is 7.89. The molecule has 1 aromatic carbocycles. The lowest BCUT2D eigenvalue weighted by molar-refractivity contribution is 0.0795. The summed E-state index contributed by atoms with van der Waals surface area (Å²) in [4.78, 5) is 10.6. The smallest absolute Gasteiger partial charge is 0.265 e. The van der Waals surface area contributed by atoms with E-state index in [0.29, 0.717) is 0 Å². The van der Waals surface area contributed by atoms with Crippen LogP contribution >= 0.6 is 11.6 Å². The molecule has 0 aliphatic carbocycles. The zero-order chi connectivity index (χ0) is 13.7. The standard InChI is InChI=1S/C12H11ClN2O3S/c13-12-11(7-4-8-14-12)19(16,17)15-18-9-10-5-2-1-3-6-10/h1-8,15H,9H2. The van der Waals surface area contributed by atoms with Gasteiger partial charge in [-0.1, -0.05) is 46.8 Å². The number of benzene rings is 1. The highest BCUT2D eigenvalue weighted by Crippen LogP contribution is 2.17. The maximum atomic E-state index is 11.9. The first kappa shape index (κ1) is 14.0. The Labute approximate surface area is 116 Å². The Balaban J connectivity index is 2.01. The first-order valence-corrected chi connectivity index (χ1v) is 7.24. The fourth-order valence-electron chi connectivity index (χ4n) is 1.38. The summed E-state index contributed by atoms with van der Waals surface area (Å²) in [6, 6.07) is 12.0. The number of nitrogens with one attached hydrogen (secondary N) is 1. The van der Waals surface area contributed by atoms with Gasteiger partial charge in [0.1, 0.15) is 10.0 Å². The van der Waals surface area contributed by atoms with Crippen LogP contribution in [0.4, 0.5) is 0 Å². The Morgan fingerprint density at radius 2 is 1.89 bits per heavy atom. The molecule has 0 bridgehead atoms. The average Bonchev–Trinajstić information content (AvgIpc) is 2.40. The van der Waals surface area contributed by atoms with E-state index in [1.54, 1.807) is 0 Å². The molecule has 100 valence electrons. The van der Waals surface area contributed by atoms with Crippen LogP contribution in [0, 0.1) is 0 Å². The van der Waals surface area contributed by atoms with Crippen LogP contribution in [0.1, 0.15) is 5.56 Å². The number of halogens is 1. The molecular weight excluding hydrogens is 288 g/mol. The molecular formula is C12H11ClN2O3S. The van der Waals surface area contributed by atoms with E-state index >= 15 is 0 Å². The summed E-state index contributed by atoms with van der Waals surface area (Å²) < 4.78 is 23.8. The van der Waals surface area contributed by atoms with E-state index in [0.717, 1.165) is 5.56 Å². The van der Waals surface area contributed by atoms with Crippen LogP contribution in [0.25, 0.3) is 0 Å². The van der Waals surface area contributed by atoms with Crippen molar-refractivity contribution in [1.82, 2.24) is 9.87 Å². The molecule has 5 nitrogen and oxygen atoms in total. The van der Waals surface area contributed by atoms with Crippen molar-refractivity contribution in [3.63, 3.8) is 0 Å². The number of sulfonamides is 1. The quantitative estimate of drug-likeness (QED) is 0.678. The van der Waals surface area contributed by atoms with E-state index in [2.05, 4.69) is 4.98 Å². The normalized spacial score (nSPS) is 11.4. The van der Waals surface area contributed by atoms with Crippen molar-refractivity contribution in [2.24, 2.45) is 0 Å². The van der Waals surface area contributed by atoms with Gasteiger partial charge < -0.3 is 0 Å². The van der Waals surface area contributed by atoms with Gasteiger partial charge in [0, 0.05) is 6.20 Å². The zero-order valence-electron chi connectivity index (χ0n) is 9.78. The molecule has 2 aromatic rings. The molecule has 1 aromatic heterocycles. The summed E-state index contributed by atoms with van der Waals surface area (Å²) >= 11 is 5.72. The van der Waals surface area contributed by atoms with Crippen molar-refractivity contribution in [1.29, 1.82) is 0 Å². The molecule has 0 saturated carbocycles. The molecule has 0 saturated heterocycles. The minimum Gasteiger partial charge on any atom is -0.282 e. The van der Waals surface area contributed by atoms with Crippen LogP contribution in [-0.2, 0) is 21.5 Å². The van der Waals surface area contributed by atoms with Crippen LogP contribution in [0.2, 0.25) is 5.15 Å². The largest absolute Gasteiger partial charge is 0.282 e.